The van der Waals surface area contributed by atoms with Crippen molar-refractivity contribution in [2.45, 2.75) is 11.8 Å². The Bertz CT molecular complexity index is 1160. The molecule has 0 saturated carbocycles. The highest BCUT2D eigenvalue weighted by molar-refractivity contribution is 7.89. The maximum atomic E-state index is 12.4. The third-order valence-electron chi connectivity index (χ3n) is 3.98. The van der Waals surface area contributed by atoms with Crippen LogP contribution in [0.4, 0.5) is 5.69 Å². The average molecular weight is 428 g/mol. The van der Waals surface area contributed by atoms with Crippen molar-refractivity contribution in [3.8, 4) is 0 Å². The molecule has 148 valence electrons. The third kappa shape index (κ3) is 5.43. The average Bonchev–Trinajstić information content (AvgIpc) is 2.69. The summed E-state index contributed by atoms with van der Waals surface area (Å²) < 4.78 is 24.5. The fraction of sp³-hybridized carbons (Fsp3) is 0.0476. The van der Waals surface area contributed by atoms with E-state index < -0.39 is 10.0 Å². The zero-order valence-corrected chi connectivity index (χ0v) is 17.0. The molecule has 0 spiro atoms. The summed E-state index contributed by atoms with van der Waals surface area (Å²) in [4.78, 5) is 14.7. The molecule has 0 aromatic heterocycles. The number of anilines is 1. The standard InChI is InChI=1S/C21H18ClN3O3S/c1-15-9-11-18(12-10-15)29(27,28)25-23-14-16-5-4-6-17(13-16)24-21(26)19-7-2-3-8-20(19)22/h2-14,25H,1H3,(H,24,26). The number of sulfonamides is 1. The molecule has 3 aromatic rings. The van der Waals surface area contributed by atoms with Gasteiger partial charge in [0, 0.05) is 5.69 Å². The SMILES string of the molecule is Cc1ccc(S(=O)(=O)NN=Cc2cccc(NC(=O)c3ccccc3Cl)c2)cc1. The quantitative estimate of drug-likeness (QED) is 0.456. The minimum atomic E-state index is -3.75. The van der Waals surface area contributed by atoms with Gasteiger partial charge in [0.05, 0.1) is 21.7 Å². The third-order valence-corrected chi connectivity index (χ3v) is 5.55. The Morgan fingerprint density at radius 1 is 1.00 bits per heavy atom. The minimum Gasteiger partial charge on any atom is -0.322 e. The topological polar surface area (TPSA) is 87.6 Å². The molecule has 3 rings (SSSR count). The van der Waals surface area contributed by atoms with Gasteiger partial charge in [-0.15, -0.1) is 0 Å². The number of halogens is 1. The van der Waals surface area contributed by atoms with Crippen molar-refractivity contribution in [2.75, 3.05) is 5.32 Å². The molecule has 0 heterocycles. The van der Waals surface area contributed by atoms with E-state index in [9.17, 15) is 13.2 Å². The lowest BCUT2D eigenvalue weighted by atomic mass is 10.2. The Labute approximate surface area is 174 Å². The highest BCUT2D eigenvalue weighted by atomic mass is 35.5. The van der Waals surface area contributed by atoms with E-state index in [1.165, 1.54) is 18.3 Å². The zero-order chi connectivity index (χ0) is 20.9. The number of hydrogen-bond donors (Lipinski definition) is 2. The van der Waals surface area contributed by atoms with Crippen molar-refractivity contribution in [3.63, 3.8) is 0 Å². The molecule has 2 N–H and O–H groups in total. The van der Waals surface area contributed by atoms with E-state index in [1.807, 2.05) is 6.92 Å². The van der Waals surface area contributed by atoms with Crippen LogP contribution in [0.25, 0.3) is 0 Å². The zero-order valence-electron chi connectivity index (χ0n) is 15.5. The first-order chi connectivity index (χ1) is 13.8. The van der Waals surface area contributed by atoms with Crippen molar-refractivity contribution >= 4 is 39.4 Å². The molecule has 0 atom stereocenters. The van der Waals surface area contributed by atoms with E-state index in [1.54, 1.807) is 60.7 Å². The summed E-state index contributed by atoms with van der Waals surface area (Å²) in [5, 5.41) is 6.92. The lowest BCUT2D eigenvalue weighted by Gasteiger charge is -2.07. The summed E-state index contributed by atoms with van der Waals surface area (Å²) in [5.74, 6) is -0.343. The van der Waals surface area contributed by atoms with Gasteiger partial charge in [-0.25, -0.2) is 4.83 Å². The summed E-state index contributed by atoms with van der Waals surface area (Å²) >= 11 is 6.04. The number of nitrogens with zero attached hydrogens (tertiary/aromatic N) is 1. The molecular weight excluding hydrogens is 410 g/mol. The van der Waals surface area contributed by atoms with Crippen LogP contribution in [0.5, 0.6) is 0 Å². The van der Waals surface area contributed by atoms with E-state index in [2.05, 4.69) is 15.2 Å². The van der Waals surface area contributed by atoms with Gasteiger partial charge in [0.15, 0.2) is 0 Å². The summed E-state index contributed by atoms with van der Waals surface area (Å²) in [7, 11) is -3.75. The Morgan fingerprint density at radius 2 is 1.72 bits per heavy atom. The van der Waals surface area contributed by atoms with Crippen molar-refractivity contribution in [2.24, 2.45) is 5.10 Å². The second-order valence-corrected chi connectivity index (χ2v) is 8.29. The number of nitrogens with one attached hydrogen (secondary N) is 2. The Hall–Kier alpha value is -3.16. The first kappa shape index (κ1) is 20.6. The Morgan fingerprint density at radius 3 is 2.45 bits per heavy atom. The number of carbonyl (C=O) groups excluding carboxylic acids is 1. The van der Waals surface area contributed by atoms with Gasteiger partial charge < -0.3 is 5.32 Å². The van der Waals surface area contributed by atoms with Gasteiger partial charge in [0.2, 0.25) is 0 Å². The molecular formula is C21H18ClN3O3S. The highest BCUT2D eigenvalue weighted by Gasteiger charge is 2.12. The van der Waals surface area contributed by atoms with E-state index in [0.717, 1.165) is 5.56 Å². The van der Waals surface area contributed by atoms with Crippen molar-refractivity contribution in [1.29, 1.82) is 0 Å². The summed E-state index contributed by atoms with van der Waals surface area (Å²) in [6, 6.07) is 20.0. The van der Waals surface area contributed by atoms with E-state index >= 15 is 0 Å². The second-order valence-electron chi connectivity index (χ2n) is 6.23. The monoisotopic (exact) mass is 427 g/mol. The number of aryl methyl sites for hydroxylation is 1. The lowest BCUT2D eigenvalue weighted by Crippen LogP contribution is -2.18. The minimum absolute atomic E-state index is 0.126. The lowest BCUT2D eigenvalue weighted by molar-refractivity contribution is 0.102. The second kappa shape index (κ2) is 8.89. The van der Waals surface area contributed by atoms with Crippen molar-refractivity contribution in [1.82, 2.24) is 4.83 Å². The predicted molar refractivity (Wildman–Crippen MR) is 115 cm³/mol. The van der Waals surface area contributed by atoms with Gasteiger partial charge >= 0.3 is 0 Å². The van der Waals surface area contributed by atoms with E-state index in [-0.39, 0.29) is 10.8 Å². The first-order valence-electron chi connectivity index (χ1n) is 8.63. The molecule has 0 unspecified atom stereocenters. The molecule has 0 aliphatic heterocycles. The van der Waals surface area contributed by atoms with Gasteiger partial charge in [-0.2, -0.15) is 13.5 Å². The maximum Gasteiger partial charge on any atom is 0.276 e. The summed E-state index contributed by atoms with van der Waals surface area (Å²) in [6.07, 6.45) is 1.36. The maximum absolute atomic E-state index is 12.4. The van der Waals surface area contributed by atoms with Gasteiger partial charge in [-0.05, 0) is 48.9 Å². The van der Waals surface area contributed by atoms with Crippen molar-refractivity contribution < 1.29 is 13.2 Å². The molecule has 29 heavy (non-hydrogen) atoms. The van der Waals surface area contributed by atoms with Crippen LogP contribution in [0.15, 0.2) is 82.8 Å². The fourth-order valence-electron chi connectivity index (χ4n) is 2.48. The molecule has 0 bridgehead atoms. The van der Waals surface area contributed by atoms with E-state index in [0.29, 0.717) is 21.8 Å². The molecule has 0 fully saturated rings. The largest absolute Gasteiger partial charge is 0.322 e. The Kier molecular flexibility index (Phi) is 6.31. The molecule has 6 nitrogen and oxygen atoms in total. The van der Waals surface area contributed by atoms with Crippen LogP contribution in [0.2, 0.25) is 5.02 Å². The molecule has 3 aromatic carbocycles. The summed E-state index contributed by atoms with van der Waals surface area (Å²) in [5.41, 5.74) is 2.45. The van der Waals surface area contributed by atoms with Gasteiger partial charge in [-0.3, -0.25) is 4.79 Å². The number of rotatable bonds is 6. The number of hydrazone groups is 1. The van der Waals surface area contributed by atoms with Crippen LogP contribution >= 0.6 is 11.6 Å². The molecule has 0 saturated heterocycles. The first-order valence-corrected chi connectivity index (χ1v) is 10.5. The summed E-state index contributed by atoms with van der Waals surface area (Å²) in [6.45, 7) is 1.87. The Balaban J connectivity index is 1.69. The number of amides is 1. The molecule has 1 amide bonds. The normalized spacial score (nSPS) is 11.4. The molecule has 0 aliphatic carbocycles. The fourth-order valence-corrected chi connectivity index (χ4v) is 3.49. The number of benzene rings is 3. The van der Waals surface area contributed by atoms with E-state index in [4.69, 9.17) is 11.6 Å². The van der Waals surface area contributed by atoms with Crippen molar-refractivity contribution in [3.05, 3.63) is 94.5 Å². The predicted octanol–water partition coefficient (Wildman–Crippen LogP) is 4.21. The highest BCUT2D eigenvalue weighted by Crippen LogP contribution is 2.17. The van der Waals surface area contributed by atoms with Crippen LogP contribution in [-0.2, 0) is 10.0 Å². The molecule has 0 aliphatic rings. The van der Waals surface area contributed by atoms with Crippen LogP contribution in [0, 0.1) is 6.92 Å². The number of carbonyl (C=O) groups is 1. The van der Waals surface area contributed by atoms with Crippen LogP contribution in [0.1, 0.15) is 21.5 Å². The smallest absolute Gasteiger partial charge is 0.276 e. The van der Waals surface area contributed by atoms with Crippen LogP contribution in [0.3, 0.4) is 0 Å². The van der Waals surface area contributed by atoms with Crippen LogP contribution in [-0.4, -0.2) is 20.5 Å². The van der Waals surface area contributed by atoms with Crippen LogP contribution < -0.4 is 10.1 Å². The molecule has 8 heteroatoms. The number of hydrogen-bond acceptors (Lipinski definition) is 4. The molecule has 0 radical (unpaired) electrons. The van der Waals surface area contributed by atoms with Gasteiger partial charge in [0.25, 0.3) is 15.9 Å². The van der Waals surface area contributed by atoms with Gasteiger partial charge in [0.1, 0.15) is 0 Å². The van der Waals surface area contributed by atoms with Gasteiger partial charge in [-0.1, -0.05) is 53.6 Å².